The Morgan fingerprint density at radius 1 is 1.26 bits per heavy atom. The molecular weight excluding hydrogens is 332 g/mol. The maximum Gasteiger partial charge on any atom is 0.252 e. The first-order valence-corrected chi connectivity index (χ1v) is 9.02. The van der Waals surface area contributed by atoms with Crippen molar-refractivity contribution in [3.63, 3.8) is 0 Å². The van der Waals surface area contributed by atoms with E-state index in [1.54, 1.807) is 16.4 Å². The van der Waals surface area contributed by atoms with E-state index in [1.165, 1.54) is 11.3 Å². The summed E-state index contributed by atoms with van der Waals surface area (Å²) >= 11 is 3.07. The van der Waals surface area contributed by atoms with Gasteiger partial charge in [0.2, 0.25) is 5.65 Å². The number of nitrogens with zero attached hydrogens (tertiary/aromatic N) is 7. The van der Waals surface area contributed by atoms with Crippen LogP contribution in [0.5, 0.6) is 0 Å². The number of aromatic amines is 1. The Labute approximate surface area is 141 Å². The largest absolute Gasteiger partial charge is 0.277 e. The third-order valence-electron chi connectivity index (χ3n) is 3.03. The number of rotatable bonds is 4. The summed E-state index contributed by atoms with van der Waals surface area (Å²) in [6.07, 6.45) is 0. The zero-order valence-electron chi connectivity index (χ0n) is 13.7. The average Bonchev–Trinajstić information content (AvgIpc) is 3.11. The van der Waals surface area contributed by atoms with Gasteiger partial charge in [-0.1, -0.05) is 50.8 Å². The van der Waals surface area contributed by atoms with Crippen molar-refractivity contribution in [3.05, 3.63) is 11.5 Å². The minimum absolute atomic E-state index is 0.130. The summed E-state index contributed by atoms with van der Waals surface area (Å²) in [5, 5.41) is 24.8. The van der Waals surface area contributed by atoms with Crippen LogP contribution in [0.4, 0.5) is 10.8 Å². The van der Waals surface area contributed by atoms with Crippen LogP contribution < -0.4 is 0 Å². The number of aryl methyl sites for hydroxylation is 1. The number of fused-ring (bicyclic) bond motifs is 1. The molecule has 0 radical (unpaired) electrons. The summed E-state index contributed by atoms with van der Waals surface area (Å²) in [5.74, 6) is 1.64. The Balaban J connectivity index is 2.01. The Morgan fingerprint density at radius 2 is 2.04 bits per heavy atom. The zero-order valence-corrected chi connectivity index (χ0v) is 15.3. The highest BCUT2D eigenvalue weighted by molar-refractivity contribution is 8.01. The number of thioether (sulfide) groups is 1. The van der Waals surface area contributed by atoms with E-state index in [-0.39, 0.29) is 5.41 Å². The zero-order chi connectivity index (χ0) is 16.6. The van der Waals surface area contributed by atoms with E-state index in [4.69, 9.17) is 0 Å². The van der Waals surface area contributed by atoms with E-state index in [2.05, 4.69) is 63.3 Å². The molecule has 23 heavy (non-hydrogen) atoms. The lowest BCUT2D eigenvalue weighted by molar-refractivity contribution is 0.557. The topological polar surface area (TPSA) is 96.5 Å². The van der Waals surface area contributed by atoms with Gasteiger partial charge in [-0.3, -0.25) is 5.10 Å². The smallest absolute Gasteiger partial charge is 0.252 e. The van der Waals surface area contributed by atoms with Crippen molar-refractivity contribution in [3.8, 4) is 0 Å². The van der Waals surface area contributed by atoms with Gasteiger partial charge in [0.05, 0.1) is 5.69 Å². The van der Waals surface area contributed by atoms with Crippen molar-refractivity contribution in [1.29, 1.82) is 0 Å². The fourth-order valence-corrected chi connectivity index (χ4v) is 3.61. The molecule has 122 valence electrons. The summed E-state index contributed by atoms with van der Waals surface area (Å²) in [6.45, 7) is 10.2. The van der Waals surface area contributed by atoms with Crippen LogP contribution in [0.15, 0.2) is 14.6 Å². The summed E-state index contributed by atoms with van der Waals surface area (Å²) in [4.78, 5) is 4.42. The van der Waals surface area contributed by atoms with E-state index >= 15 is 0 Å². The predicted molar refractivity (Wildman–Crippen MR) is 91.3 cm³/mol. The summed E-state index contributed by atoms with van der Waals surface area (Å²) in [6, 6.07) is 0. The lowest BCUT2D eigenvalue weighted by Crippen LogP contribution is -2.12. The second kappa shape index (κ2) is 6.00. The number of nitrogens with one attached hydrogen (secondary N) is 1. The number of H-pyrrole nitrogens is 1. The van der Waals surface area contributed by atoms with Gasteiger partial charge < -0.3 is 0 Å². The molecule has 0 fully saturated rings. The van der Waals surface area contributed by atoms with Gasteiger partial charge in [0.25, 0.3) is 5.13 Å². The van der Waals surface area contributed by atoms with Crippen LogP contribution in [0.3, 0.4) is 0 Å². The molecule has 0 saturated heterocycles. The lowest BCUT2D eigenvalue weighted by Gasteiger charge is -2.16. The molecule has 0 bridgehead atoms. The number of hydrogen-bond acceptors (Lipinski definition) is 8. The van der Waals surface area contributed by atoms with Gasteiger partial charge in [0.15, 0.2) is 10.0 Å². The van der Waals surface area contributed by atoms with Crippen LogP contribution in [-0.2, 0) is 5.41 Å². The highest BCUT2D eigenvalue weighted by atomic mass is 32.2. The number of aromatic nitrogens is 6. The number of azo groups is 1. The Morgan fingerprint density at radius 3 is 2.74 bits per heavy atom. The second-order valence-electron chi connectivity index (χ2n) is 5.96. The molecule has 0 spiro atoms. The molecule has 0 atom stereocenters. The van der Waals surface area contributed by atoms with E-state index < -0.39 is 0 Å². The molecular formula is C13H18N8S2. The molecule has 0 aliphatic carbocycles. The molecule has 0 saturated carbocycles. The molecule has 0 aliphatic rings. The van der Waals surface area contributed by atoms with Gasteiger partial charge in [0, 0.05) is 5.41 Å². The normalized spacial score (nSPS) is 12.7. The quantitative estimate of drug-likeness (QED) is 0.566. The molecule has 3 aromatic heterocycles. The van der Waals surface area contributed by atoms with Gasteiger partial charge in [-0.05, 0) is 12.7 Å². The first-order valence-electron chi connectivity index (χ1n) is 7.22. The van der Waals surface area contributed by atoms with Gasteiger partial charge in [-0.15, -0.1) is 25.5 Å². The predicted octanol–water partition coefficient (Wildman–Crippen LogP) is 4.04. The van der Waals surface area contributed by atoms with Crippen molar-refractivity contribution >= 4 is 39.6 Å². The molecule has 3 rings (SSSR count). The van der Waals surface area contributed by atoms with Gasteiger partial charge in [-0.25, -0.2) is 4.98 Å². The van der Waals surface area contributed by atoms with Crippen LogP contribution in [-0.4, -0.2) is 35.8 Å². The van der Waals surface area contributed by atoms with E-state index in [1.807, 2.05) is 6.92 Å². The fourth-order valence-electron chi connectivity index (χ4n) is 2.05. The van der Waals surface area contributed by atoms with E-state index in [9.17, 15) is 0 Å². The van der Waals surface area contributed by atoms with Crippen LogP contribution in [0, 0.1) is 6.92 Å². The maximum absolute atomic E-state index is 4.42. The van der Waals surface area contributed by atoms with Crippen molar-refractivity contribution in [1.82, 2.24) is 30.0 Å². The molecule has 0 aliphatic heterocycles. The molecule has 3 heterocycles. The summed E-state index contributed by atoms with van der Waals surface area (Å²) in [7, 11) is 0. The Bertz CT molecular complexity index is 851. The first-order chi connectivity index (χ1) is 10.9. The molecule has 0 unspecified atom stereocenters. The minimum atomic E-state index is -0.130. The first kappa shape index (κ1) is 16.1. The molecule has 8 nitrogen and oxygen atoms in total. The van der Waals surface area contributed by atoms with E-state index in [0.717, 1.165) is 15.8 Å². The average molecular weight is 350 g/mol. The second-order valence-corrected chi connectivity index (χ2v) is 8.43. The van der Waals surface area contributed by atoms with Gasteiger partial charge >= 0.3 is 0 Å². The standard InChI is InChI=1S/C13H18N8S2/c1-6-22-12-18-17-11(23-12)16-15-8-9(13(3,4)5)20-21-10(8)14-7(2)19-21/h20H,6H2,1-5H3. The highest BCUT2D eigenvalue weighted by Gasteiger charge is 2.25. The molecule has 3 aromatic rings. The summed E-state index contributed by atoms with van der Waals surface area (Å²) in [5.41, 5.74) is 2.17. The lowest BCUT2D eigenvalue weighted by atomic mass is 9.91. The van der Waals surface area contributed by atoms with Crippen molar-refractivity contribution in [2.75, 3.05) is 5.75 Å². The Kier molecular flexibility index (Phi) is 4.19. The Hall–Kier alpha value is -1.81. The summed E-state index contributed by atoms with van der Waals surface area (Å²) < 4.78 is 2.54. The minimum Gasteiger partial charge on any atom is -0.277 e. The van der Waals surface area contributed by atoms with E-state index in [0.29, 0.717) is 22.3 Å². The third kappa shape index (κ3) is 3.27. The molecule has 0 aromatic carbocycles. The van der Waals surface area contributed by atoms with Crippen LogP contribution in [0.25, 0.3) is 5.65 Å². The highest BCUT2D eigenvalue weighted by Crippen LogP contribution is 2.35. The fraction of sp³-hybridized carbons (Fsp3) is 0.538. The molecule has 1 N–H and O–H groups in total. The third-order valence-corrected chi connectivity index (χ3v) is 4.85. The monoisotopic (exact) mass is 350 g/mol. The van der Waals surface area contributed by atoms with Crippen molar-refractivity contribution < 1.29 is 0 Å². The van der Waals surface area contributed by atoms with Crippen molar-refractivity contribution in [2.45, 2.75) is 44.4 Å². The maximum atomic E-state index is 4.42. The van der Waals surface area contributed by atoms with Crippen LogP contribution in [0.2, 0.25) is 0 Å². The molecule has 0 amide bonds. The van der Waals surface area contributed by atoms with Gasteiger partial charge in [0.1, 0.15) is 5.82 Å². The van der Waals surface area contributed by atoms with Gasteiger partial charge in [-0.2, -0.15) is 4.63 Å². The molecule has 10 heteroatoms. The SMILES string of the molecule is CCSc1nnc(N=Nc2c(C(C)(C)C)[nH]n3nc(C)nc23)s1. The van der Waals surface area contributed by atoms with Crippen LogP contribution >= 0.6 is 23.1 Å². The number of hydrogen-bond donors (Lipinski definition) is 1. The van der Waals surface area contributed by atoms with Crippen molar-refractivity contribution in [2.24, 2.45) is 10.2 Å². The van der Waals surface area contributed by atoms with Crippen LogP contribution in [0.1, 0.15) is 39.2 Å².